The minimum Gasteiger partial charge on any atom is -0.192 e. The smallest absolute Gasteiger partial charge is 0.0991 e. The zero-order valence-electron chi connectivity index (χ0n) is 25.5. The van der Waals surface area contributed by atoms with Crippen molar-refractivity contribution in [3.05, 3.63) is 157 Å². The molecule has 2 nitrogen and oxygen atoms in total. The lowest BCUT2D eigenvalue weighted by Crippen LogP contribution is -1.94. The average Bonchev–Trinajstić information content (AvgIpc) is 3.05. The number of nitrogens with zero attached hydrogens (tertiary/aromatic N) is 2. The summed E-state index contributed by atoms with van der Waals surface area (Å²) in [5.41, 5.74) is 15.9. The lowest BCUT2D eigenvalue weighted by Gasteiger charge is -2.14. The number of hydrogen-bond donors (Lipinski definition) is 0. The Kier molecular flexibility index (Phi) is 10.7. The average molecular weight is 1050 g/mol. The van der Waals surface area contributed by atoms with E-state index in [2.05, 4.69) is 189 Å². The van der Waals surface area contributed by atoms with Crippen LogP contribution in [-0.2, 0) is 6.42 Å². The molecular formula is C41H26I4N2. The summed E-state index contributed by atoms with van der Waals surface area (Å²) in [6, 6.07) is 43.1. The molecule has 0 aliphatic rings. The zero-order chi connectivity index (χ0) is 33.2. The summed E-state index contributed by atoms with van der Waals surface area (Å²) in [6.45, 7) is 4.24. The lowest BCUT2D eigenvalue weighted by molar-refractivity contribution is 1.19. The summed E-state index contributed by atoms with van der Waals surface area (Å²) >= 11 is 9.66. The van der Waals surface area contributed by atoms with Gasteiger partial charge in [0.15, 0.2) is 0 Å². The molecule has 0 spiro atoms. The van der Waals surface area contributed by atoms with Crippen LogP contribution in [0.5, 0.6) is 0 Å². The first-order chi connectivity index (χ1) is 22.6. The molecule has 6 aromatic carbocycles. The molecule has 0 amide bonds. The van der Waals surface area contributed by atoms with E-state index in [0.717, 1.165) is 26.7 Å². The molecule has 0 saturated heterocycles. The van der Waals surface area contributed by atoms with E-state index in [0.29, 0.717) is 11.1 Å². The monoisotopic (exact) mass is 1050 g/mol. The van der Waals surface area contributed by atoms with Gasteiger partial charge in [-0.1, -0.05) is 66.7 Å². The Morgan fingerprint density at radius 2 is 0.915 bits per heavy atom. The highest BCUT2D eigenvalue weighted by atomic mass is 127. The van der Waals surface area contributed by atoms with Crippen LogP contribution in [0, 0.1) is 50.8 Å². The van der Waals surface area contributed by atoms with Gasteiger partial charge >= 0.3 is 0 Å². The summed E-state index contributed by atoms with van der Waals surface area (Å²) in [7, 11) is 0. The molecule has 6 rings (SSSR count). The predicted molar refractivity (Wildman–Crippen MR) is 227 cm³/mol. The standard InChI is InChI=1S/C41H26I4N2/c1-24-15-28(22-46)7-13-34(24)33-20-38(44)41(39(45)21-33)31-11-5-27(6-12-31)17-26-3-9-30(10-4-26)40-25(2)16-32(19-37(40)43)35-14-8-29(23-47)18-36(35)42/h3-16,18-21H,17H2,1-2H3. The quantitative estimate of drug-likeness (QED) is 0.156. The molecule has 0 atom stereocenters. The first-order valence-electron chi connectivity index (χ1n) is 14.8. The molecule has 0 aromatic heterocycles. The minimum atomic E-state index is 0.684. The highest BCUT2D eigenvalue weighted by Gasteiger charge is 2.14. The second-order valence-corrected chi connectivity index (χ2v) is 16.1. The van der Waals surface area contributed by atoms with Gasteiger partial charge < -0.3 is 0 Å². The van der Waals surface area contributed by atoms with Crippen LogP contribution in [0.25, 0.3) is 44.5 Å². The summed E-state index contributed by atoms with van der Waals surface area (Å²) in [5, 5.41) is 18.5. The normalized spacial score (nSPS) is 10.8. The van der Waals surface area contributed by atoms with Crippen LogP contribution in [0.3, 0.4) is 0 Å². The molecule has 47 heavy (non-hydrogen) atoms. The van der Waals surface area contributed by atoms with Crippen LogP contribution in [0.1, 0.15) is 33.4 Å². The van der Waals surface area contributed by atoms with E-state index < -0.39 is 0 Å². The molecular weight excluding hydrogens is 1030 g/mol. The van der Waals surface area contributed by atoms with Gasteiger partial charge in [0.05, 0.1) is 23.3 Å². The molecule has 0 bridgehead atoms. The van der Waals surface area contributed by atoms with Crippen molar-refractivity contribution in [1.29, 1.82) is 10.5 Å². The van der Waals surface area contributed by atoms with Crippen LogP contribution in [0.15, 0.2) is 109 Å². The molecule has 6 heteroatoms. The topological polar surface area (TPSA) is 47.6 Å². The predicted octanol–water partition coefficient (Wildman–Crippen LogP) is 12.7. The van der Waals surface area contributed by atoms with Crippen LogP contribution in [0.2, 0.25) is 0 Å². The third-order valence-corrected chi connectivity index (χ3v) is 11.7. The van der Waals surface area contributed by atoms with Crippen molar-refractivity contribution >= 4 is 90.4 Å². The van der Waals surface area contributed by atoms with E-state index in [1.54, 1.807) is 0 Å². The number of benzene rings is 6. The van der Waals surface area contributed by atoms with Crippen molar-refractivity contribution in [1.82, 2.24) is 0 Å². The fourth-order valence-electron chi connectivity index (χ4n) is 5.96. The second kappa shape index (κ2) is 14.8. The third-order valence-electron chi connectivity index (χ3n) is 8.30. The molecule has 0 fully saturated rings. The fraction of sp³-hybridized carbons (Fsp3) is 0.0732. The van der Waals surface area contributed by atoms with Crippen molar-refractivity contribution in [2.75, 3.05) is 0 Å². The van der Waals surface area contributed by atoms with E-state index in [-0.39, 0.29) is 0 Å². The molecule has 0 heterocycles. The number of aryl methyl sites for hydroxylation is 2. The molecule has 228 valence electrons. The Labute approximate surface area is 330 Å². The van der Waals surface area contributed by atoms with Crippen molar-refractivity contribution in [3.63, 3.8) is 0 Å². The van der Waals surface area contributed by atoms with Crippen LogP contribution >= 0.6 is 90.4 Å². The SMILES string of the molecule is Cc1cc(C#N)ccc1-c1cc(I)c(-c2ccc(Cc3ccc(-c4c(C)cc(-c5ccc(C#N)cc5I)cc4I)cc3)cc2)c(I)c1. The van der Waals surface area contributed by atoms with Crippen molar-refractivity contribution < 1.29 is 0 Å². The Balaban J connectivity index is 1.19. The molecule has 0 saturated carbocycles. The second-order valence-electron chi connectivity index (χ2n) is 11.5. The third kappa shape index (κ3) is 7.46. The van der Waals surface area contributed by atoms with E-state index in [9.17, 15) is 10.5 Å². The zero-order valence-corrected chi connectivity index (χ0v) is 34.1. The van der Waals surface area contributed by atoms with Crippen molar-refractivity contribution in [2.45, 2.75) is 20.3 Å². The van der Waals surface area contributed by atoms with Crippen LogP contribution in [0.4, 0.5) is 0 Å². The minimum absolute atomic E-state index is 0.684. The maximum absolute atomic E-state index is 9.25. The first kappa shape index (κ1) is 34.1. The highest BCUT2D eigenvalue weighted by Crippen LogP contribution is 2.37. The number of halogens is 4. The summed E-state index contributed by atoms with van der Waals surface area (Å²) in [5.74, 6) is 0. The molecule has 0 radical (unpaired) electrons. The van der Waals surface area contributed by atoms with E-state index >= 15 is 0 Å². The lowest BCUT2D eigenvalue weighted by atomic mass is 9.94. The Morgan fingerprint density at radius 1 is 0.447 bits per heavy atom. The first-order valence-corrected chi connectivity index (χ1v) is 19.2. The Morgan fingerprint density at radius 3 is 1.40 bits per heavy atom. The van der Waals surface area contributed by atoms with Crippen LogP contribution < -0.4 is 0 Å². The van der Waals surface area contributed by atoms with Gasteiger partial charge in [-0.3, -0.25) is 0 Å². The maximum atomic E-state index is 9.25. The largest absolute Gasteiger partial charge is 0.192 e. The number of rotatable bonds is 6. The van der Waals surface area contributed by atoms with Gasteiger partial charge in [-0.2, -0.15) is 10.5 Å². The molecule has 6 aromatic rings. The molecule has 0 aliphatic carbocycles. The Hall–Kier alpha value is -2.78. The molecule has 0 N–H and O–H groups in total. The van der Waals surface area contributed by atoms with Crippen molar-refractivity contribution in [2.24, 2.45) is 0 Å². The summed E-state index contributed by atoms with van der Waals surface area (Å²) < 4.78 is 4.71. The van der Waals surface area contributed by atoms with E-state index in [4.69, 9.17) is 0 Å². The van der Waals surface area contributed by atoms with Gasteiger partial charge in [-0.15, -0.1) is 0 Å². The van der Waals surface area contributed by atoms with Gasteiger partial charge in [0.25, 0.3) is 0 Å². The number of hydrogen-bond acceptors (Lipinski definition) is 2. The Bertz CT molecular complexity index is 2030. The fourth-order valence-corrected chi connectivity index (χ4v) is 10.2. The van der Waals surface area contributed by atoms with Gasteiger partial charge in [0.2, 0.25) is 0 Å². The summed E-state index contributed by atoms with van der Waals surface area (Å²) in [6.07, 6.45) is 0.873. The van der Waals surface area contributed by atoms with E-state index in [1.807, 2.05) is 36.4 Å². The van der Waals surface area contributed by atoms with Crippen molar-refractivity contribution in [3.8, 4) is 56.6 Å². The summed E-state index contributed by atoms with van der Waals surface area (Å²) in [4.78, 5) is 0. The maximum Gasteiger partial charge on any atom is 0.0991 e. The number of nitriles is 2. The molecule has 0 aliphatic heterocycles. The molecule has 0 unspecified atom stereocenters. The highest BCUT2D eigenvalue weighted by molar-refractivity contribution is 14.1. The van der Waals surface area contributed by atoms with Gasteiger partial charge in [0, 0.05) is 19.8 Å². The van der Waals surface area contributed by atoms with Gasteiger partial charge in [0.1, 0.15) is 0 Å². The van der Waals surface area contributed by atoms with Gasteiger partial charge in [-0.05, 0) is 214 Å². The van der Waals surface area contributed by atoms with E-state index in [1.165, 1.54) is 60.8 Å². The van der Waals surface area contributed by atoms with Gasteiger partial charge in [-0.25, -0.2) is 0 Å². The van der Waals surface area contributed by atoms with Crippen LogP contribution in [-0.4, -0.2) is 0 Å².